The molecule has 1 amide bonds. The second-order valence-electron chi connectivity index (χ2n) is 6.47. The molecule has 146 valence electrons. The predicted octanol–water partition coefficient (Wildman–Crippen LogP) is 1.32. The van der Waals surface area contributed by atoms with Crippen molar-refractivity contribution in [2.75, 3.05) is 26.2 Å². The van der Waals surface area contributed by atoms with Crippen LogP contribution in [0.25, 0.3) is 5.65 Å². The first-order valence-electron chi connectivity index (χ1n) is 8.73. The van der Waals surface area contributed by atoms with E-state index >= 15 is 0 Å². The van der Waals surface area contributed by atoms with E-state index in [0.29, 0.717) is 16.9 Å². The van der Waals surface area contributed by atoms with Gasteiger partial charge in [0, 0.05) is 38.6 Å². The molecule has 0 N–H and O–H groups in total. The summed E-state index contributed by atoms with van der Waals surface area (Å²) in [5.41, 5.74) is 1.43. The molecule has 0 radical (unpaired) electrons. The van der Waals surface area contributed by atoms with Crippen LogP contribution in [-0.2, 0) is 10.0 Å². The lowest BCUT2D eigenvalue weighted by atomic mass is 10.2. The molecule has 0 atom stereocenters. The third-order valence-corrected chi connectivity index (χ3v) is 6.70. The Hall–Kier alpha value is -2.85. The van der Waals surface area contributed by atoms with Gasteiger partial charge < -0.3 is 4.90 Å². The average molecular weight is 403 g/mol. The van der Waals surface area contributed by atoms with Gasteiger partial charge >= 0.3 is 0 Å². The number of fused-ring (bicyclic) bond motifs is 1. The van der Waals surface area contributed by atoms with Crippen LogP contribution in [0.3, 0.4) is 0 Å². The molecule has 0 spiro atoms. The van der Waals surface area contributed by atoms with Gasteiger partial charge in [0.2, 0.25) is 10.0 Å². The summed E-state index contributed by atoms with van der Waals surface area (Å²) < 4.78 is 42.1. The van der Waals surface area contributed by atoms with Crippen LogP contribution in [0.5, 0.6) is 0 Å². The highest BCUT2D eigenvalue weighted by Crippen LogP contribution is 2.22. The number of piperazine rings is 1. The van der Waals surface area contributed by atoms with E-state index < -0.39 is 15.8 Å². The van der Waals surface area contributed by atoms with Crippen molar-refractivity contribution in [3.8, 4) is 0 Å². The van der Waals surface area contributed by atoms with Crippen LogP contribution in [0.15, 0.2) is 47.6 Å². The van der Waals surface area contributed by atoms with Crippen molar-refractivity contribution in [1.29, 1.82) is 0 Å². The van der Waals surface area contributed by atoms with Gasteiger partial charge in [-0.05, 0) is 25.1 Å². The number of sulfonamides is 1. The number of nitrogens with zero attached hydrogens (tertiary/aromatic N) is 5. The van der Waals surface area contributed by atoms with Crippen molar-refractivity contribution in [2.24, 2.45) is 0 Å². The number of aryl methyl sites for hydroxylation is 1. The van der Waals surface area contributed by atoms with Gasteiger partial charge in [-0.25, -0.2) is 22.3 Å². The summed E-state index contributed by atoms with van der Waals surface area (Å²) in [7, 11) is -3.95. The van der Waals surface area contributed by atoms with E-state index in [1.807, 2.05) is 0 Å². The van der Waals surface area contributed by atoms with Crippen LogP contribution in [-0.4, -0.2) is 64.3 Å². The van der Waals surface area contributed by atoms with Crippen LogP contribution in [0.1, 0.15) is 16.1 Å². The Kier molecular flexibility index (Phi) is 4.60. The smallest absolute Gasteiger partial charge is 0.259 e. The molecule has 28 heavy (non-hydrogen) atoms. The zero-order valence-electron chi connectivity index (χ0n) is 15.1. The van der Waals surface area contributed by atoms with Crippen molar-refractivity contribution in [2.45, 2.75) is 11.8 Å². The van der Waals surface area contributed by atoms with E-state index in [-0.39, 0.29) is 37.0 Å². The Labute approximate surface area is 161 Å². The number of halogens is 1. The number of amides is 1. The predicted molar refractivity (Wildman–Crippen MR) is 98.8 cm³/mol. The van der Waals surface area contributed by atoms with Crippen molar-refractivity contribution in [3.05, 3.63) is 59.8 Å². The summed E-state index contributed by atoms with van der Waals surface area (Å²) in [6, 6.07) is 7.01. The molecular weight excluding hydrogens is 385 g/mol. The molecule has 0 bridgehead atoms. The number of hydrogen-bond donors (Lipinski definition) is 0. The lowest BCUT2D eigenvalue weighted by Crippen LogP contribution is -2.50. The normalized spacial score (nSPS) is 15.9. The van der Waals surface area contributed by atoms with E-state index in [2.05, 4.69) is 10.1 Å². The molecule has 0 saturated carbocycles. The Bertz CT molecular complexity index is 1150. The standard InChI is InChI=1S/C18H18FN5O3S/c1-13-16(17-20-7-4-8-24(17)21-13)18(25)22-9-11-23(12-10-22)28(26,27)15-6-3-2-5-14(15)19/h2-8H,9-12H2,1H3. The SMILES string of the molecule is Cc1nn2cccnc2c1C(=O)N1CCN(S(=O)(=O)c2ccccc2F)CC1. The molecule has 1 saturated heterocycles. The maximum Gasteiger partial charge on any atom is 0.259 e. The maximum absolute atomic E-state index is 13.9. The Morgan fingerprint density at radius 1 is 1.11 bits per heavy atom. The summed E-state index contributed by atoms with van der Waals surface area (Å²) in [5, 5.41) is 4.29. The molecule has 3 aromatic rings. The maximum atomic E-state index is 13.9. The van der Waals surface area contributed by atoms with E-state index in [1.54, 1.807) is 34.8 Å². The van der Waals surface area contributed by atoms with Gasteiger partial charge in [-0.15, -0.1) is 0 Å². The second-order valence-corrected chi connectivity index (χ2v) is 8.38. The summed E-state index contributed by atoms with van der Waals surface area (Å²) >= 11 is 0. The number of aromatic nitrogens is 3. The quantitative estimate of drug-likeness (QED) is 0.658. The van der Waals surface area contributed by atoms with Crippen molar-refractivity contribution in [1.82, 2.24) is 23.8 Å². The third-order valence-electron chi connectivity index (χ3n) is 4.76. The summed E-state index contributed by atoms with van der Waals surface area (Å²) in [6.45, 7) is 2.33. The van der Waals surface area contributed by atoms with E-state index in [1.165, 1.54) is 22.5 Å². The Morgan fingerprint density at radius 3 is 2.54 bits per heavy atom. The first kappa shape index (κ1) is 18.5. The number of carbonyl (C=O) groups is 1. The molecular formula is C18H18FN5O3S. The number of hydrogen-bond acceptors (Lipinski definition) is 5. The van der Waals surface area contributed by atoms with Crippen molar-refractivity contribution < 1.29 is 17.6 Å². The highest BCUT2D eigenvalue weighted by atomic mass is 32.2. The van der Waals surface area contributed by atoms with Crippen LogP contribution in [0.4, 0.5) is 4.39 Å². The fourth-order valence-corrected chi connectivity index (χ4v) is 4.82. The zero-order chi connectivity index (χ0) is 19.9. The molecule has 8 nitrogen and oxygen atoms in total. The fraction of sp³-hybridized carbons (Fsp3) is 0.278. The molecule has 1 aliphatic heterocycles. The molecule has 3 heterocycles. The van der Waals surface area contributed by atoms with Gasteiger partial charge in [-0.1, -0.05) is 12.1 Å². The number of benzene rings is 1. The first-order chi connectivity index (χ1) is 13.4. The molecule has 2 aromatic heterocycles. The summed E-state index contributed by atoms with van der Waals surface area (Å²) in [4.78, 5) is 18.4. The topological polar surface area (TPSA) is 87.9 Å². The largest absolute Gasteiger partial charge is 0.336 e. The molecule has 0 unspecified atom stereocenters. The van der Waals surface area contributed by atoms with Crippen LogP contribution < -0.4 is 0 Å². The van der Waals surface area contributed by atoms with Gasteiger partial charge in [0.1, 0.15) is 16.3 Å². The fourth-order valence-electron chi connectivity index (χ4n) is 3.33. The van der Waals surface area contributed by atoms with Crippen LogP contribution in [0, 0.1) is 12.7 Å². The Balaban J connectivity index is 1.53. The van der Waals surface area contributed by atoms with Crippen LogP contribution in [0.2, 0.25) is 0 Å². The molecule has 0 aliphatic carbocycles. The Morgan fingerprint density at radius 2 is 1.82 bits per heavy atom. The second kappa shape index (κ2) is 6.95. The third kappa shape index (κ3) is 3.04. The van der Waals surface area contributed by atoms with Gasteiger partial charge in [-0.3, -0.25) is 4.79 Å². The highest BCUT2D eigenvalue weighted by Gasteiger charge is 2.33. The number of rotatable bonds is 3. The number of carbonyl (C=O) groups excluding carboxylic acids is 1. The van der Waals surface area contributed by atoms with E-state index in [4.69, 9.17) is 0 Å². The molecule has 4 rings (SSSR count). The highest BCUT2D eigenvalue weighted by molar-refractivity contribution is 7.89. The minimum atomic E-state index is -3.95. The zero-order valence-corrected chi connectivity index (χ0v) is 15.9. The lowest BCUT2D eigenvalue weighted by Gasteiger charge is -2.34. The molecule has 1 aromatic carbocycles. The summed E-state index contributed by atoms with van der Waals surface area (Å²) in [6.07, 6.45) is 3.30. The lowest BCUT2D eigenvalue weighted by molar-refractivity contribution is 0.0698. The van der Waals surface area contributed by atoms with Crippen molar-refractivity contribution in [3.63, 3.8) is 0 Å². The van der Waals surface area contributed by atoms with Gasteiger partial charge in [-0.2, -0.15) is 9.40 Å². The molecule has 10 heteroatoms. The minimum Gasteiger partial charge on any atom is -0.336 e. The summed E-state index contributed by atoms with van der Waals surface area (Å²) in [5.74, 6) is -1.02. The average Bonchev–Trinajstić information content (AvgIpc) is 3.03. The minimum absolute atomic E-state index is 0.0914. The van der Waals surface area contributed by atoms with Gasteiger partial charge in [0.05, 0.1) is 5.69 Å². The van der Waals surface area contributed by atoms with Crippen LogP contribution >= 0.6 is 0 Å². The van der Waals surface area contributed by atoms with Crippen molar-refractivity contribution >= 4 is 21.6 Å². The monoisotopic (exact) mass is 403 g/mol. The van der Waals surface area contributed by atoms with Gasteiger partial charge in [0.25, 0.3) is 5.91 Å². The molecule has 1 fully saturated rings. The van der Waals surface area contributed by atoms with Gasteiger partial charge in [0.15, 0.2) is 5.65 Å². The van der Waals surface area contributed by atoms with E-state index in [9.17, 15) is 17.6 Å². The molecule has 1 aliphatic rings. The van der Waals surface area contributed by atoms with E-state index in [0.717, 1.165) is 6.07 Å². The first-order valence-corrected chi connectivity index (χ1v) is 10.2.